The Kier molecular flexibility index (Phi) is 6.70. The lowest BCUT2D eigenvalue weighted by atomic mass is 10.00. The number of ether oxygens (including phenoxy) is 1. The van der Waals surface area contributed by atoms with Gasteiger partial charge in [-0.1, -0.05) is 6.92 Å². The molecule has 0 unspecified atom stereocenters. The van der Waals surface area contributed by atoms with Crippen LogP contribution in [0.15, 0.2) is 18.3 Å². The number of likely N-dealkylation sites (tertiary alicyclic amines) is 1. The van der Waals surface area contributed by atoms with E-state index < -0.39 is 0 Å². The number of hydrogen-bond acceptors (Lipinski definition) is 5. The molecule has 6 heteroatoms. The molecule has 29 heavy (non-hydrogen) atoms. The van der Waals surface area contributed by atoms with E-state index in [2.05, 4.69) is 33.7 Å². The maximum atomic E-state index is 13.6. The average molecular weight is 401 g/mol. The van der Waals surface area contributed by atoms with Crippen LogP contribution in [0.1, 0.15) is 55.8 Å². The molecule has 1 amide bonds. The standard InChI is InChI=1S/C23H36N4O2/c1-18-5-3-11-26(16-18)22-15-19(7-10-24-22)23(28)27(17-21-6-4-14-29-21)20-8-12-25(2)13-9-20/h7,10,15,18,20-21H,3-6,8-9,11-14,16-17H2,1-2H3/t18-,21+/m1/s1. The maximum Gasteiger partial charge on any atom is 0.254 e. The Balaban J connectivity index is 1.52. The molecule has 2 atom stereocenters. The van der Waals surface area contributed by atoms with E-state index >= 15 is 0 Å². The molecule has 0 aliphatic carbocycles. The minimum Gasteiger partial charge on any atom is -0.376 e. The number of amides is 1. The first-order valence-corrected chi connectivity index (χ1v) is 11.4. The Labute approximate surface area is 175 Å². The zero-order chi connectivity index (χ0) is 20.2. The molecule has 0 radical (unpaired) electrons. The lowest BCUT2D eigenvalue weighted by molar-refractivity contribution is 0.0320. The summed E-state index contributed by atoms with van der Waals surface area (Å²) in [4.78, 5) is 25.0. The summed E-state index contributed by atoms with van der Waals surface area (Å²) >= 11 is 0. The van der Waals surface area contributed by atoms with Crippen LogP contribution in [0.25, 0.3) is 0 Å². The molecule has 6 nitrogen and oxygen atoms in total. The molecule has 0 spiro atoms. The van der Waals surface area contributed by atoms with Crippen molar-refractivity contribution >= 4 is 11.7 Å². The number of pyridine rings is 1. The first kappa shape index (κ1) is 20.6. The van der Waals surface area contributed by atoms with Crippen LogP contribution in [-0.4, -0.2) is 79.2 Å². The zero-order valence-electron chi connectivity index (χ0n) is 18.1. The highest BCUT2D eigenvalue weighted by Crippen LogP contribution is 2.25. The minimum atomic E-state index is 0.142. The second-order valence-electron chi connectivity index (χ2n) is 9.22. The van der Waals surface area contributed by atoms with Gasteiger partial charge in [0.25, 0.3) is 5.91 Å². The molecular weight excluding hydrogens is 364 g/mol. The molecule has 1 aromatic rings. The van der Waals surface area contributed by atoms with Gasteiger partial charge < -0.3 is 19.4 Å². The maximum absolute atomic E-state index is 13.6. The van der Waals surface area contributed by atoms with Gasteiger partial charge in [0.05, 0.1) is 6.10 Å². The third-order valence-corrected chi connectivity index (χ3v) is 6.79. The summed E-state index contributed by atoms with van der Waals surface area (Å²) in [6, 6.07) is 4.20. The van der Waals surface area contributed by atoms with Gasteiger partial charge in [-0.25, -0.2) is 4.98 Å². The van der Waals surface area contributed by atoms with Gasteiger partial charge in [0.15, 0.2) is 0 Å². The largest absolute Gasteiger partial charge is 0.376 e. The third-order valence-electron chi connectivity index (χ3n) is 6.79. The van der Waals surface area contributed by atoms with Gasteiger partial charge >= 0.3 is 0 Å². The van der Waals surface area contributed by atoms with Crippen molar-refractivity contribution in [2.24, 2.45) is 5.92 Å². The van der Waals surface area contributed by atoms with Crippen LogP contribution in [0.2, 0.25) is 0 Å². The molecular formula is C23H36N4O2. The fourth-order valence-electron chi connectivity index (χ4n) is 5.00. The van der Waals surface area contributed by atoms with E-state index in [1.165, 1.54) is 12.8 Å². The highest BCUT2D eigenvalue weighted by Gasteiger charge is 2.31. The molecule has 0 N–H and O–H groups in total. The Morgan fingerprint density at radius 2 is 2.03 bits per heavy atom. The van der Waals surface area contributed by atoms with Gasteiger partial charge in [0, 0.05) is 44.0 Å². The number of rotatable bonds is 5. The highest BCUT2D eigenvalue weighted by molar-refractivity contribution is 5.95. The van der Waals surface area contributed by atoms with E-state index in [0.717, 1.165) is 69.9 Å². The Bertz CT molecular complexity index is 683. The van der Waals surface area contributed by atoms with Gasteiger partial charge in [-0.3, -0.25) is 4.79 Å². The fourth-order valence-corrected chi connectivity index (χ4v) is 5.00. The molecule has 4 rings (SSSR count). The van der Waals surface area contributed by atoms with E-state index in [0.29, 0.717) is 18.5 Å². The molecule has 3 fully saturated rings. The number of carbonyl (C=O) groups excluding carboxylic acids is 1. The molecule has 0 saturated carbocycles. The van der Waals surface area contributed by atoms with Gasteiger partial charge in [-0.2, -0.15) is 0 Å². The summed E-state index contributed by atoms with van der Waals surface area (Å²) < 4.78 is 5.89. The van der Waals surface area contributed by atoms with Crippen molar-refractivity contribution in [1.82, 2.24) is 14.8 Å². The number of anilines is 1. The van der Waals surface area contributed by atoms with Crippen molar-refractivity contribution in [3.8, 4) is 0 Å². The lowest BCUT2D eigenvalue weighted by Crippen LogP contribution is -2.49. The summed E-state index contributed by atoms with van der Waals surface area (Å²) in [5.41, 5.74) is 0.769. The second kappa shape index (κ2) is 9.43. The van der Waals surface area contributed by atoms with Gasteiger partial charge in [-0.05, 0) is 76.7 Å². The SMILES string of the molecule is C[C@@H]1CCCN(c2cc(C(=O)N(C[C@@H]3CCCO3)C3CCN(C)CC3)ccn2)C1. The summed E-state index contributed by atoms with van der Waals surface area (Å²) in [6.45, 7) is 7.99. The first-order valence-electron chi connectivity index (χ1n) is 11.4. The van der Waals surface area contributed by atoms with E-state index in [1.807, 2.05) is 12.1 Å². The van der Waals surface area contributed by atoms with Gasteiger partial charge in [-0.15, -0.1) is 0 Å². The molecule has 3 aliphatic rings. The van der Waals surface area contributed by atoms with Crippen molar-refractivity contribution in [1.29, 1.82) is 0 Å². The monoisotopic (exact) mass is 400 g/mol. The highest BCUT2D eigenvalue weighted by atomic mass is 16.5. The molecule has 3 saturated heterocycles. The van der Waals surface area contributed by atoms with Crippen molar-refractivity contribution < 1.29 is 9.53 Å². The van der Waals surface area contributed by atoms with Crippen LogP contribution < -0.4 is 4.90 Å². The summed E-state index contributed by atoms with van der Waals surface area (Å²) in [6.07, 6.45) is 8.70. The van der Waals surface area contributed by atoms with Crippen LogP contribution >= 0.6 is 0 Å². The predicted octanol–water partition coefficient (Wildman–Crippen LogP) is 3.03. The smallest absolute Gasteiger partial charge is 0.254 e. The van der Waals surface area contributed by atoms with Crippen LogP contribution in [0.5, 0.6) is 0 Å². The van der Waals surface area contributed by atoms with E-state index in [9.17, 15) is 4.79 Å². The summed E-state index contributed by atoms with van der Waals surface area (Å²) in [5, 5.41) is 0. The van der Waals surface area contributed by atoms with Crippen LogP contribution in [0.3, 0.4) is 0 Å². The topological polar surface area (TPSA) is 48.9 Å². The normalized spacial score (nSPS) is 26.6. The Morgan fingerprint density at radius 3 is 2.76 bits per heavy atom. The number of hydrogen-bond donors (Lipinski definition) is 0. The molecule has 0 aromatic carbocycles. The zero-order valence-corrected chi connectivity index (χ0v) is 18.1. The van der Waals surface area contributed by atoms with Crippen LogP contribution in [0.4, 0.5) is 5.82 Å². The van der Waals surface area contributed by atoms with Crippen molar-refractivity contribution in [3.63, 3.8) is 0 Å². The van der Waals surface area contributed by atoms with Crippen molar-refractivity contribution in [2.75, 3.05) is 51.3 Å². The Morgan fingerprint density at radius 1 is 1.21 bits per heavy atom. The summed E-state index contributed by atoms with van der Waals surface area (Å²) in [5.74, 6) is 1.77. The average Bonchev–Trinajstić information content (AvgIpc) is 3.26. The molecule has 3 aliphatic heterocycles. The van der Waals surface area contributed by atoms with Gasteiger partial charge in [0.1, 0.15) is 5.82 Å². The van der Waals surface area contributed by atoms with Crippen LogP contribution in [-0.2, 0) is 4.74 Å². The number of nitrogens with zero attached hydrogens (tertiary/aromatic N) is 4. The van der Waals surface area contributed by atoms with E-state index in [1.54, 1.807) is 6.20 Å². The molecule has 1 aromatic heterocycles. The predicted molar refractivity (Wildman–Crippen MR) is 115 cm³/mol. The fraction of sp³-hybridized carbons (Fsp3) is 0.739. The second-order valence-corrected chi connectivity index (χ2v) is 9.22. The Hall–Kier alpha value is -1.66. The van der Waals surface area contributed by atoms with Crippen molar-refractivity contribution in [3.05, 3.63) is 23.9 Å². The summed E-state index contributed by atoms with van der Waals surface area (Å²) in [7, 11) is 2.16. The third kappa shape index (κ3) is 5.10. The number of aromatic nitrogens is 1. The number of piperidine rings is 2. The van der Waals surface area contributed by atoms with Crippen molar-refractivity contribution in [2.45, 2.75) is 57.6 Å². The molecule has 0 bridgehead atoms. The van der Waals surface area contributed by atoms with Gasteiger partial charge in [0.2, 0.25) is 0 Å². The van der Waals surface area contributed by atoms with E-state index in [-0.39, 0.29) is 12.0 Å². The quantitative estimate of drug-likeness (QED) is 0.760. The number of carbonyl (C=O) groups is 1. The first-order chi connectivity index (χ1) is 14.1. The lowest BCUT2D eigenvalue weighted by Gasteiger charge is -2.38. The van der Waals surface area contributed by atoms with E-state index in [4.69, 9.17) is 4.74 Å². The van der Waals surface area contributed by atoms with Crippen LogP contribution in [0, 0.1) is 5.92 Å². The minimum absolute atomic E-state index is 0.142. The molecule has 160 valence electrons. The molecule has 4 heterocycles.